The third kappa shape index (κ3) is 3.11. The Bertz CT molecular complexity index is 504. The van der Waals surface area contributed by atoms with E-state index in [0.29, 0.717) is 10.9 Å². The summed E-state index contributed by atoms with van der Waals surface area (Å²) >= 11 is 3.13. The number of hydrogen-bond donors (Lipinski definition) is 1. The van der Waals surface area contributed by atoms with Gasteiger partial charge in [0.25, 0.3) is 0 Å². The predicted octanol–water partition coefficient (Wildman–Crippen LogP) is 3.26. The van der Waals surface area contributed by atoms with Crippen molar-refractivity contribution in [3.63, 3.8) is 0 Å². The summed E-state index contributed by atoms with van der Waals surface area (Å²) in [7, 11) is 0. The Morgan fingerprint density at radius 3 is 2.59 bits per heavy atom. The molecule has 1 unspecified atom stereocenters. The zero-order chi connectivity index (χ0) is 12.3. The van der Waals surface area contributed by atoms with Gasteiger partial charge in [0.1, 0.15) is 5.82 Å². The van der Waals surface area contributed by atoms with Crippen LogP contribution in [0.4, 0.5) is 4.39 Å². The van der Waals surface area contributed by atoms with Crippen LogP contribution in [0.1, 0.15) is 17.2 Å². The molecule has 0 saturated heterocycles. The molecule has 88 valence electrons. The number of aromatic nitrogens is 1. The largest absolute Gasteiger partial charge is 0.388 e. The molecule has 0 saturated carbocycles. The molecule has 0 fully saturated rings. The molecule has 0 spiro atoms. The summed E-state index contributed by atoms with van der Waals surface area (Å²) in [5.41, 5.74) is 1.68. The Hall–Kier alpha value is -1.26. The van der Waals surface area contributed by atoms with Crippen LogP contribution in [0.2, 0.25) is 0 Å². The Morgan fingerprint density at radius 2 is 1.94 bits per heavy atom. The number of nitrogens with zero attached hydrogens (tertiary/aromatic N) is 1. The Kier molecular flexibility index (Phi) is 3.86. The van der Waals surface area contributed by atoms with Crippen LogP contribution in [0, 0.1) is 5.82 Å². The minimum atomic E-state index is -0.602. The van der Waals surface area contributed by atoms with Gasteiger partial charge in [0.05, 0.1) is 10.6 Å². The quantitative estimate of drug-likeness (QED) is 0.943. The van der Waals surface area contributed by atoms with Gasteiger partial charge in [0.15, 0.2) is 0 Å². The van der Waals surface area contributed by atoms with Gasteiger partial charge in [-0.05, 0) is 51.3 Å². The van der Waals surface area contributed by atoms with Crippen molar-refractivity contribution in [1.29, 1.82) is 0 Å². The number of aliphatic hydroxyl groups is 1. The number of hydrogen-bond acceptors (Lipinski definition) is 2. The van der Waals surface area contributed by atoms with Crippen molar-refractivity contribution in [2.24, 2.45) is 0 Å². The molecular weight excluding hydrogens is 285 g/mol. The molecule has 0 aliphatic rings. The standard InChI is InChI=1S/C13H11BrFNO/c14-11-7-9(1-2-12(11)15)8-13(17)10-3-5-16-6-4-10/h1-7,13,17H,8H2. The highest BCUT2D eigenvalue weighted by Gasteiger charge is 2.09. The smallest absolute Gasteiger partial charge is 0.137 e. The normalized spacial score (nSPS) is 12.4. The summed E-state index contributed by atoms with van der Waals surface area (Å²) in [6.07, 6.45) is 3.12. The number of halogens is 2. The molecule has 1 atom stereocenters. The van der Waals surface area contributed by atoms with Crippen LogP contribution >= 0.6 is 15.9 Å². The minimum absolute atomic E-state index is 0.299. The molecule has 0 aliphatic heterocycles. The van der Waals surface area contributed by atoms with E-state index in [4.69, 9.17) is 0 Å². The van der Waals surface area contributed by atoms with E-state index in [1.165, 1.54) is 6.07 Å². The van der Waals surface area contributed by atoms with Crippen molar-refractivity contribution in [2.45, 2.75) is 12.5 Å². The fourth-order valence-electron chi connectivity index (χ4n) is 1.59. The summed E-state index contributed by atoms with van der Waals surface area (Å²) in [5.74, 6) is -0.299. The second-order valence-electron chi connectivity index (χ2n) is 3.75. The van der Waals surface area contributed by atoms with Crippen LogP contribution in [0.5, 0.6) is 0 Å². The lowest BCUT2D eigenvalue weighted by Crippen LogP contribution is -2.02. The van der Waals surface area contributed by atoms with Gasteiger partial charge >= 0.3 is 0 Å². The average Bonchev–Trinajstić information content (AvgIpc) is 2.35. The number of aliphatic hydroxyl groups excluding tert-OH is 1. The Balaban J connectivity index is 2.13. The number of rotatable bonds is 3. The molecule has 0 bridgehead atoms. The maximum Gasteiger partial charge on any atom is 0.137 e. The van der Waals surface area contributed by atoms with Crippen molar-refractivity contribution >= 4 is 15.9 Å². The van der Waals surface area contributed by atoms with E-state index in [2.05, 4.69) is 20.9 Å². The Labute approximate surface area is 107 Å². The molecule has 2 nitrogen and oxygen atoms in total. The van der Waals surface area contributed by atoms with Crippen LogP contribution in [-0.4, -0.2) is 10.1 Å². The molecule has 1 N–H and O–H groups in total. The fourth-order valence-corrected chi connectivity index (χ4v) is 2.02. The summed E-state index contributed by atoms with van der Waals surface area (Å²) in [6, 6.07) is 8.27. The first-order chi connectivity index (χ1) is 8.16. The molecule has 2 aromatic rings. The van der Waals surface area contributed by atoms with E-state index >= 15 is 0 Å². The van der Waals surface area contributed by atoms with E-state index in [0.717, 1.165) is 11.1 Å². The SMILES string of the molecule is OC(Cc1ccc(F)c(Br)c1)c1ccncc1. The van der Waals surface area contributed by atoms with Gasteiger partial charge in [0, 0.05) is 18.8 Å². The Morgan fingerprint density at radius 1 is 1.24 bits per heavy atom. The fraction of sp³-hybridized carbons (Fsp3) is 0.154. The predicted molar refractivity (Wildman–Crippen MR) is 67.0 cm³/mol. The highest BCUT2D eigenvalue weighted by atomic mass is 79.9. The van der Waals surface area contributed by atoms with Crippen LogP contribution in [0.3, 0.4) is 0 Å². The maximum absolute atomic E-state index is 13.0. The van der Waals surface area contributed by atoms with Crippen molar-refractivity contribution in [2.75, 3.05) is 0 Å². The van der Waals surface area contributed by atoms with E-state index in [1.807, 2.05) is 0 Å². The third-order valence-electron chi connectivity index (χ3n) is 2.50. The first-order valence-electron chi connectivity index (χ1n) is 5.19. The zero-order valence-electron chi connectivity index (χ0n) is 8.98. The molecule has 1 aromatic heterocycles. The summed E-state index contributed by atoms with van der Waals surface area (Å²) in [4.78, 5) is 3.89. The molecule has 4 heteroatoms. The van der Waals surface area contributed by atoms with Crippen molar-refractivity contribution in [3.8, 4) is 0 Å². The molecule has 0 amide bonds. The lowest BCUT2D eigenvalue weighted by atomic mass is 10.0. The third-order valence-corrected chi connectivity index (χ3v) is 3.11. The monoisotopic (exact) mass is 295 g/mol. The van der Waals surface area contributed by atoms with Gasteiger partial charge in [-0.2, -0.15) is 0 Å². The van der Waals surface area contributed by atoms with Crippen LogP contribution < -0.4 is 0 Å². The van der Waals surface area contributed by atoms with E-state index in [-0.39, 0.29) is 5.82 Å². The van der Waals surface area contributed by atoms with Crippen LogP contribution in [0.15, 0.2) is 47.2 Å². The van der Waals surface area contributed by atoms with Crippen LogP contribution in [0.25, 0.3) is 0 Å². The summed E-state index contributed by atoms with van der Waals surface area (Å²) < 4.78 is 13.5. The maximum atomic E-state index is 13.0. The van der Waals surface area contributed by atoms with Crippen molar-refractivity contribution in [3.05, 3.63) is 64.1 Å². The topological polar surface area (TPSA) is 33.1 Å². The molecule has 0 aliphatic carbocycles. The van der Waals surface area contributed by atoms with Gasteiger partial charge in [-0.1, -0.05) is 6.07 Å². The molecule has 17 heavy (non-hydrogen) atoms. The lowest BCUT2D eigenvalue weighted by molar-refractivity contribution is 0.178. The first-order valence-corrected chi connectivity index (χ1v) is 5.98. The molecule has 2 rings (SSSR count). The average molecular weight is 296 g/mol. The van der Waals surface area contributed by atoms with Crippen molar-refractivity contribution < 1.29 is 9.50 Å². The van der Waals surface area contributed by atoms with E-state index < -0.39 is 6.10 Å². The second kappa shape index (κ2) is 5.38. The summed E-state index contributed by atoms with van der Waals surface area (Å²) in [5, 5.41) is 10.00. The molecule has 1 heterocycles. The lowest BCUT2D eigenvalue weighted by Gasteiger charge is -2.11. The summed E-state index contributed by atoms with van der Waals surface area (Å²) in [6.45, 7) is 0. The minimum Gasteiger partial charge on any atom is -0.388 e. The molecule has 1 aromatic carbocycles. The first kappa shape index (κ1) is 12.2. The molecule has 0 radical (unpaired) electrons. The molecular formula is C13H11BrFNO. The number of benzene rings is 1. The van der Waals surface area contributed by atoms with Gasteiger partial charge in [0.2, 0.25) is 0 Å². The van der Waals surface area contributed by atoms with E-state index in [9.17, 15) is 9.50 Å². The van der Waals surface area contributed by atoms with Crippen LogP contribution in [-0.2, 0) is 6.42 Å². The van der Waals surface area contributed by atoms with Gasteiger partial charge < -0.3 is 5.11 Å². The number of pyridine rings is 1. The van der Waals surface area contributed by atoms with Gasteiger partial charge in [-0.15, -0.1) is 0 Å². The highest BCUT2D eigenvalue weighted by molar-refractivity contribution is 9.10. The van der Waals surface area contributed by atoms with Gasteiger partial charge in [-0.3, -0.25) is 4.98 Å². The van der Waals surface area contributed by atoms with Gasteiger partial charge in [-0.25, -0.2) is 4.39 Å². The van der Waals surface area contributed by atoms with Crippen molar-refractivity contribution in [1.82, 2.24) is 4.98 Å². The second-order valence-corrected chi connectivity index (χ2v) is 4.60. The van der Waals surface area contributed by atoms with E-state index in [1.54, 1.807) is 36.7 Å². The highest BCUT2D eigenvalue weighted by Crippen LogP contribution is 2.22. The zero-order valence-corrected chi connectivity index (χ0v) is 10.6.